The van der Waals surface area contributed by atoms with E-state index in [0.717, 1.165) is 28.7 Å². The Balaban J connectivity index is 1.54. The maximum absolute atomic E-state index is 13.1. The van der Waals surface area contributed by atoms with Gasteiger partial charge in [-0.1, -0.05) is 30.0 Å². The van der Waals surface area contributed by atoms with Crippen molar-refractivity contribution in [2.45, 2.75) is 36.7 Å². The minimum Gasteiger partial charge on any atom is -0.308 e. The van der Waals surface area contributed by atoms with Crippen LogP contribution in [0.3, 0.4) is 0 Å². The van der Waals surface area contributed by atoms with Crippen molar-refractivity contribution < 1.29 is 4.79 Å². The summed E-state index contributed by atoms with van der Waals surface area (Å²) < 4.78 is 1.91. The number of benzene rings is 1. The lowest BCUT2D eigenvalue weighted by Crippen LogP contribution is -2.40. The van der Waals surface area contributed by atoms with Crippen LogP contribution < -0.4 is 4.90 Å². The van der Waals surface area contributed by atoms with Gasteiger partial charge in [0.15, 0.2) is 11.0 Å². The zero-order chi connectivity index (χ0) is 19.0. The molecule has 0 N–H and O–H groups in total. The molecule has 0 saturated heterocycles. The molecular weight excluding hydrogens is 358 g/mol. The number of carbonyl (C=O) groups is 1. The number of fused-ring (bicyclic) bond motifs is 1. The molecule has 27 heavy (non-hydrogen) atoms. The molecule has 1 aliphatic rings. The van der Waals surface area contributed by atoms with Crippen LogP contribution in [-0.4, -0.2) is 36.9 Å². The lowest BCUT2D eigenvalue weighted by Gasteiger charge is -2.25. The lowest BCUT2D eigenvalue weighted by atomic mass is 10.1. The summed E-state index contributed by atoms with van der Waals surface area (Å²) in [5.41, 5.74) is 3.16. The highest BCUT2D eigenvalue weighted by Gasteiger charge is 2.34. The van der Waals surface area contributed by atoms with Gasteiger partial charge in [-0.15, -0.1) is 10.2 Å². The Morgan fingerprint density at radius 1 is 1.22 bits per heavy atom. The summed E-state index contributed by atoms with van der Waals surface area (Å²) in [5, 5.41) is 9.01. The first kappa shape index (κ1) is 17.7. The Morgan fingerprint density at radius 3 is 2.81 bits per heavy atom. The van der Waals surface area contributed by atoms with E-state index in [0.29, 0.717) is 0 Å². The Morgan fingerprint density at radius 2 is 2.04 bits per heavy atom. The van der Waals surface area contributed by atoms with Crippen molar-refractivity contribution >= 4 is 23.4 Å². The number of para-hydroxylation sites is 1. The number of anilines is 1. The van der Waals surface area contributed by atoms with E-state index in [1.807, 2.05) is 53.8 Å². The predicted molar refractivity (Wildman–Crippen MR) is 107 cm³/mol. The van der Waals surface area contributed by atoms with Crippen molar-refractivity contribution in [1.29, 1.82) is 0 Å². The number of nitrogens with zero attached hydrogens (tertiary/aromatic N) is 5. The molecule has 138 valence electrons. The molecule has 3 heterocycles. The highest BCUT2D eigenvalue weighted by Crippen LogP contribution is 2.34. The Bertz CT molecular complexity index is 972. The largest absolute Gasteiger partial charge is 0.308 e. The number of hydrogen-bond donors (Lipinski definition) is 0. The predicted octanol–water partition coefficient (Wildman–Crippen LogP) is 3.34. The van der Waals surface area contributed by atoms with Crippen molar-refractivity contribution in [3.05, 3.63) is 54.4 Å². The Kier molecular flexibility index (Phi) is 4.70. The Hall–Kier alpha value is -2.67. The van der Waals surface area contributed by atoms with Gasteiger partial charge in [-0.2, -0.15) is 0 Å². The highest BCUT2D eigenvalue weighted by atomic mass is 32.2. The molecule has 0 fully saturated rings. The molecule has 0 aliphatic carbocycles. The molecule has 2 aromatic heterocycles. The molecule has 0 bridgehead atoms. The summed E-state index contributed by atoms with van der Waals surface area (Å²) in [5.74, 6) is 0.841. The van der Waals surface area contributed by atoms with Gasteiger partial charge in [0.25, 0.3) is 0 Å². The zero-order valence-electron chi connectivity index (χ0n) is 15.5. The fourth-order valence-corrected chi connectivity index (χ4v) is 4.33. The van der Waals surface area contributed by atoms with Crippen LogP contribution >= 0.6 is 11.8 Å². The van der Waals surface area contributed by atoms with Crippen molar-refractivity contribution in [2.75, 3.05) is 4.90 Å². The summed E-state index contributed by atoms with van der Waals surface area (Å²) in [7, 11) is 1.91. The number of rotatable bonds is 4. The molecule has 1 aromatic carbocycles. The van der Waals surface area contributed by atoms with Crippen LogP contribution in [0, 0.1) is 0 Å². The summed E-state index contributed by atoms with van der Waals surface area (Å²) >= 11 is 1.44. The van der Waals surface area contributed by atoms with Crippen LogP contribution in [0.1, 0.15) is 19.4 Å². The highest BCUT2D eigenvalue weighted by molar-refractivity contribution is 8.00. The van der Waals surface area contributed by atoms with Crippen molar-refractivity contribution in [1.82, 2.24) is 19.7 Å². The lowest BCUT2D eigenvalue weighted by molar-refractivity contribution is -0.118. The topological polar surface area (TPSA) is 63.9 Å². The molecule has 1 aliphatic heterocycles. The van der Waals surface area contributed by atoms with Crippen LogP contribution in [-0.2, 0) is 18.3 Å². The van der Waals surface area contributed by atoms with Gasteiger partial charge in [0.05, 0.1) is 5.25 Å². The van der Waals surface area contributed by atoms with Crippen LogP contribution in [0.2, 0.25) is 0 Å². The second-order valence-corrected chi connectivity index (χ2v) is 8.07. The number of carbonyl (C=O) groups excluding carboxylic acids is 1. The quantitative estimate of drug-likeness (QED) is 0.651. The minimum absolute atomic E-state index is 0.100. The number of aromatic nitrogens is 4. The van der Waals surface area contributed by atoms with Gasteiger partial charge in [-0.05, 0) is 44.0 Å². The van der Waals surface area contributed by atoms with E-state index in [1.54, 1.807) is 12.4 Å². The van der Waals surface area contributed by atoms with Gasteiger partial charge in [0.2, 0.25) is 5.91 Å². The maximum Gasteiger partial charge on any atom is 0.240 e. The van der Waals surface area contributed by atoms with E-state index in [4.69, 9.17) is 0 Å². The van der Waals surface area contributed by atoms with Crippen LogP contribution in [0.25, 0.3) is 11.4 Å². The van der Waals surface area contributed by atoms with E-state index in [2.05, 4.69) is 28.2 Å². The molecule has 6 nitrogen and oxygen atoms in total. The standard InChI is InChI=1S/C20H21N5OS/c1-13-11-15-7-4-5-9-17(15)25(13)19(26)14(2)27-20-23-22-18(24(20)3)16-8-6-10-21-12-16/h4-10,12-14H,11H2,1-3H3. The van der Waals surface area contributed by atoms with E-state index in [9.17, 15) is 4.79 Å². The average Bonchev–Trinajstić information content (AvgIpc) is 3.21. The Labute approximate surface area is 162 Å². The third-order valence-corrected chi connectivity index (χ3v) is 5.95. The van der Waals surface area contributed by atoms with Crippen LogP contribution in [0.4, 0.5) is 5.69 Å². The SMILES string of the molecule is CC(Sc1nnc(-c2cccnc2)n1C)C(=O)N1c2ccccc2CC1C. The normalized spacial score (nSPS) is 17.0. The first-order valence-electron chi connectivity index (χ1n) is 8.93. The minimum atomic E-state index is -0.261. The molecular formula is C20H21N5OS. The summed E-state index contributed by atoms with van der Waals surface area (Å²) in [6.45, 7) is 4.02. The molecule has 2 unspecified atom stereocenters. The number of amides is 1. The molecule has 7 heteroatoms. The third kappa shape index (κ3) is 3.23. The monoisotopic (exact) mass is 379 g/mol. The molecule has 1 amide bonds. The smallest absolute Gasteiger partial charge is 0.240 e. The van der Waals surface area contributed by atoms with E-state index in [-0.39, 0.29) is 17.2 Å². The van der Waals surface area contributed by atoms with Gasteiger partial charge < -0.3 is 9.47 Å². The summed E-state index contributed by atoms with van der Waals surface area (Å²) in [4.78, 5) is 19.2. The second kappa shape index (κ2) is 7.15. The molecule has 0 radical (unpaired) electrons. The molecule has 4 rings (SSSR count). The summed E-state index contributed by atoms with van der Waals surface area (Å²) in [6.07, 6.45) is 4.38. The average molecular weight is 379 g/mol. The first-order valence-corrected chi connectivity index (χ1v) is 9.81. The van der Waals surface area contributed by atoms with E-state index in [1.165, 1.54) is 17.3 Å². The number of hydrogen-bond acceptors (Lipinski definition) is 5. The van der Waals surface area contributed by atoms with Crippen molar-refractivity contribution in [3.8, 4) is 11.4 Å². The van der Waals surface area contributed by atoms with Crippen LogP contribution in [0.15, 0.2) is 53.9 Å². The molecule has 2 atom stereocenters. The van der Waals surface area contributed by atoms with Gasteiger partial charge in [-0.25, -0.2) is 0 Å². The van der Waals surface area contributed by atoms with Gasteiger partial charge in [0.1, 0.15) is 0 Å². The number of thioether (sulfide) groups is 1. The second-order valence-electron chi connectivity index (χ2n) is 6.76. The van der Waals surface area contributed by atoms with E-state index < -0.39 is 0 Å². The number of pyridine rings is 1. The van der Waals surface area contributed by atoms with Crippen molar-refractivity contribution in [2.24, 2.45) is 7.05 Å². The zero-order valence-corrected chi connectivity index (χ0v) is 16.3. The van der Waals surface area contributed by atoms with Gasteiger partial charge in [0, 0.05) is 36.7 Å². The maximum atomic E-state index is 13.1. The first-order chi connectivity index (χ1) is 13.1. The third-order valence-electron chi connectivity index (χ3n) is 4.83. The van der Waals surface area contributed by atoms with Crippen LogP contribution in [0.5, 0.6) is 0 Å². The fraction of sp³-hybridized carbons (Fsp3) is 0.300. The fourth-order valence-electron chi connectivity index (χ4n) is 3.47. The van der Waals surface area contributed by atoms with Crippen molar-refractivity contribution in [3.63, 3.8) is 0 Å². The van der Waals surface area contributed by atoms with Gasteiger partial charge in [-0.3, -0.25) is 9.78 Å². The molecule has 0 spiro atoms. The summed E-state index contributed by atoms with van der Waals surface area (Å²) in [6, 6.07) is 12.1. The van der Waals surface area contributed by atoms with E-state index >= 15 is 0 Å². The molecule has 0 saturated carbocycles. The van der Waals surface area contributed by atoms with Gasteiger partial charge >= 0.3 is 0 Å². The molecule has 3 aromatic rings.